The summed E-state index contributed by atoms with van der Waals surface area (Å²) in [7, 11) is 0. The van der Waals surface area contributed by atoms with Gasteiger partial charge < -0.3 is 9.64 Å². The van der Waals surface area contributed by atoms with Crippen LogP contribution >= 0.6 is 0 Å². The summed E-state index contributed by atoms with van der Waals surface area (Å²) in [6, 6.07) is 10.4. The Hall–Kier alpha value is -1.35. The second-order valence-corrected chi connectivity index (χ2v) is 7.43. The Labute approximate surface area is 146 Å². The van der Waals surface area contributed by atoms with Crippen molar-refractivity contribution in [3.8, 4) is 0 Å². The number of hydrogen-bond donors (Lipinski definition) is 0. The molecule has 1 saturated heterocycles. The Bertz CT molecular complexity index is 488. The van der Waals surface area contributed by atoms with Gasteiger partial charge in [0, 0.05) is 25.6 Å². The molecule has 1 aliphatic carbocycles. The van der Waals surface area contributed by atoms with Crippen LogP contribution in [-0.4, -0.2) is 30.5 Å². The van der Waals surface area contributed by atoms with Crippen molar-refractivity contribution in [1.29, 1.82) is 0 Å². The Kier molecular flexibility index (Phi) is 6.71. The Morgan fingerprint density at radius 3 is 2.42 bits per heavy atom. The lowest BCUT2D eigenvalue weighted by Crippen LogP contribution is -2.42. The van der Waals surface area contributed by atoms with Crippen molar-refractivity contribution in [2.75, 3.05) is 19.7 Å². The summed E-state index contributed by atoms with van der Waals surface area (Å²) in [4.78, 5) is 14.7. The highest BCUT2D eigenvalue weighted by molar-refractivity contribution is 5.79. The summed E-state index contributed by atoms with van der Waals surface area (Å²) in [5.41, 5.74) is 1.24. The number of ether oxygens (including phenoxy) is 1. The van der Waals surface area contributed by atoms with Gasteiger partial charge in [-0.2, -0.15) is 0 Å². The van der Waals surface area contributed by atoms with E-state index in [-0.39, 0.29) is 0 Å². The quantitative estimate of drug-likeness (QED) is 0.723. The third-order valence-corrected chi connectivity index (χ3v) is 5.66. The molecule has 1 saturated carbocycles. The van der Waals surface area contributed by atoms with Crippen LogP contribution in [0.4, 0.5) is 0 Å². The fraction of sp³-hybridized carbons (Fsp3) is 0.667. The standard InChI is InChI=1S/C21H31NO2/c23-21(20-9-5-2-6-10-20)22-14-11-18(12-15-22)13-16-24-17-19-7-3-1-4-8-19/h1,3-4,7-8,18,20H,2,5-6,9-17H2. The molecule has 0 aromatic heterocycles. The molecule has 0 atom stereocenters. The first-order chi connectivity index (χ1) is 11.8. The van der Waals surface area contributed by atoms with E-state index in [1.165, 1.54) is 24.8 Å². The van der Waals surface area contributed by atoms with E-state index in [1.54, 1.807) is 0 Å². The minimum atomic E-state index is 0.324. The molecule has 0 spiro atoms. The third kappa shape index (κ3) is 5.07. The van der Waals surface area contributed by atoms with Gasteiger partial charge in [0.05, 0.1) is 6.61 Å². The molecule has 3 heteroatoms. The molecule has 0 unspecified atom stereocenters. The van der Waals surface area contributed by atoms with Crippen LogP contribution in [0.3, 0.4) is 0 Å². The zero-order chi connectivity index (χ0) is 16.6. The van der Waals surface area contributed by atoms with Gasteiger partial charge in [0.25, 0.3) is 0 Å². The van der Waals surface area contributed by atoms with Gasteiger partial charge in [-0.15, -0.1) is 0 Å². The molecule has 1 heterocycles. The van der Waals surface area contributed by atoms with E-state index in [1.807, 2.05) is 6.07 Å². The molecular formula is C21H31NO2. The Morgan fingerprint density at radius 2 is 1.71 bits per heavy atom. The molecule has 2 aliphatic rings. The lowest BCUT2D eigenvalue weighted by molar-refractivity contribution is -0.138. The lowest BCUT2D eigenvalue weighted by atomic mass is 9.87. The molecule has 2 fully saturated rings. The van der Waals surface area contributed by atoms with E-state index >= 15 is 0 Å². The number of rotatable bonds is 6. The summed E-state index contributed by atoms with van der Waals surface area (Å²) in [5, 5.41) is 0. The summed E-state index contributed by atoms with van der Waals surface area (Å²) in [6.45, 7) is 3.45. The summed E-state index contributed by atoms with van der Waals surface area (Å²) in [6.07, 6.45) is 9.45. The fourth-order valence-corrected chi connectivity index (χ4v) is 4.06. The van der Waals surface area contributed by atoms with Crippen LogP contribution in [0.15, 0.2) is 30.3 Å². The van der Waals surface area contributed by atoms with Crippen LogP contribution in [0.25, 0.3) is 0 Å². The maximum absolute atomic E-state index is 12.6. The summed E-state index contributed by atoms with van der Waals surface area (Å²) in [5.74, 6) is 1.48. The minimum absolute atomic E-state index is 0.324. The zero-order valence-electron chi connectivity index (χ0n) is 14.8. The smallest absolute Gasteiger partial charge is 0.225 e. The number of nitrogens with zero attached hydrogens (tertiary/aromatic N) is 1. The van der Waals surface area contributed by atoms with Gasteiger partial charge in [-0.05, 0) is 43.6 Å². The first-order valence-electron chi connectivity index (χ1n) is 9.73. The van der Waals surface area contributed by atoms with Crippen LogP contribution in [0.2, 0.25) is 0 Å². The molecule has 1 amide bonds. The summed E-state index contributed by atoms with van der Waals surface area (Å²) < 4.78 is 5.81. The summed E-state index contributed by atoms with van der Waals surface area (Å²) >= 11 is 0. The zero-order valence-corrected chi connectivity index (χ0v) is 14.8. The van der Waals surface area contributed by atoms with E-state index < -0.39 is 0 Å². The average Bonchev–Trinajstić information content (AvgIpc) is 2.67. The predicted octanol–water partition coefficient (Wildman–Crippen LogP) is 4.41. The predicted molar refractivity (Wildman–Crippen MR) is 96.6 cm³/mol. The number of hydrogen-bond acceptors (Lipinski definition) is 2. The van der Waals surface area contributed by atoms with Crippen LogP contribution in [-0.2, 0) is 16.1 Å². The largest absolute Gasteiger partial charge is 0.377 e. The molecule has 1 aliphatic heterocycles. The molecule has 0 radical (unpaired) electrons. The number of likely N-dealkylation sites (tertiary alicyclic amines) is 1. The van der Waals surface area contributed by atoms with Gasteiger partial charge >= 0.3 is 0 Å². The lowest BCUT2D eigenvalue weighted by Gasteiger charge is -2.35. The van der Waals surface area contributed by atoms with Crippen molar-refractivity contribution in [3.63, 3.8) is 0 Å². The second-order valence-electron chi connectivity index (χ2n) is 7.43. The molecule has 3 rings (SSSR count). The molecule has 132 valence electrons. The van der Waals surface area contributed by atoms with Crippen LogP contribution in [0.1, 0.15) is 56.9 Å². The SMILES string of the molecule is O=C(C1CCCCC1)N1CCC(CCOCc2ccccc2)CC1. The number of piperidine rings is 1. The maximum Gasteiger partial charge on any atom is 0.225 e. The number of carbonyl (C=O) groups is 1. The number of amides is 1. The van der Waals surface area contributed by atoms with Crippen LogP contribution in [0, 0.1) is 11.8 Å². The van der Waals surface area contributed by atoms with Gasteiger partial charge in [0.15, 0.2) is 0 Å². The Balaban J connectivity index is 1.31. The first-order valence-corrected chi connectivity index (χ1v) is 9.73. The van der Waals surface area contributed by atoms with E-state index in [4.69, 9.17) is 4.74 Å². The first kappa shape index (κ1) is 17.5. The highest BCUT2D eigenvalue weighted by Crippen LogP contribution is 2.28. The van der Waals surface area contributed by atoms with Gasteiger partial charge in [-0.25, -0.2) is 0 Å². The topological polar surface area (TPSA) is 29.5 Å². The average molecular weight is 329 g/mol. The highest BCUT2D eigenvalue weighted by atomic mass is 16.5. The van der Waals surface area contributed by atoms with E-state index in [0.717, 1.165) is 57.7 Å². The Morgan fingerprint density at radius 1 is 1.00 bits per heavy atom. The fourth-order valence-electron chi connectivity index (χ4n) is 4.06. The van der Waals surface area contributed by atoms with E-state index in [2.05, 4.69) is 29.2 Å². The second kappa shape index (κ2) is 9.22. The number of carbonyl (C=O) groups excluding carboxylic acids is 1. The monoisotopic (exact) mass is 329 g/mol. The molecule has 1 aromatic rings. The van der Waals surface area contributed by atoms with Crippen molar-refractivity contribution in [2.24, 2.45) is 11.8 Å². The van der Waals surface area contributed by atoms with Gasteiger partial charge in [0.1, 0.15) is 0 Å². The van der Waals surface area contributed by atoms with E-state index in [9.17, 15) is 4.79 Å². The molecular weight excluding hydrogens is 298 g/mol. The molecule has 3 nitrogen and oxygen atoms in total. The van der Waals surface area contributed by atoms with Crippen molar-refractivity contribution in [1.82, 2.24) is 4.90 Å². The molecule has 24 heavy (non-hydrogen) atoms. The van der Waals surface area contributed by atoms with Crippen LogP contribution < -0.4 is 0 Å². The maximum atomic E-state index is 12.6. The molecule has 0 bridgehead atoms. The molecule has 1 aromatic carbocycles. The highest BCUT2D eigenvalue weighted by Gasteiger charge is 2.28. The van der Waals surface area contributed by atoms with Gasteiger partial charge in [-0.1, -0.05) is 49.6 Å². The van der Waals surface area contributed by atoms with Crippen molar-refractivity contribution in [2.45, 2.75) is 58.0 Å². The normalized spacial score (nSPS) is 20.2. The van der Waals surface area contributed by atoms with E-state index in [0.29, 0.717) is 18.4 Å². The van der Waals surface area contributed by atoms with Crippen molar-refractivity contribution >= 4 is 5.91 Å². The van der Waals surface area contributed by atoms with Crippen LogP contribution in [0.5, 0.6) is 0 Å². The minimum Gasteiger partial charge on any atom is -0.377 e. The van der Waals surface area contributed by atoms with Crippen molar-refractivity contribution in [3.05, 3.63) is 35.9 Å². The number of benzene rings is 1. The van der Waals surface area contributed by atoms with Gasteiger partial charge in [0.2, 0.25) is 5.91 Å². The van der Waals surface area contributed by atoms with Gasteiger partial charge in [-0.3, -0.25) is 4.79 Å². The van der Waals surface area contributed by atoms with Crippen molar-refractivity contribution < 1.29 is 9.53 Å². The molecule has 0 N–H and O–H groups in total. The third-order valence-electron chi connectivity index (χ3n) is 5.66.